The number of carbonyl (C=O) groups is 1. The van der Waals surface area contributed by atoms with Gasteiger partial charge in [-0.15, -0.1) is 0 Å². The van der Waals surface area contributed by atoms with E-state index in [4.69, 9.17) is 0 Å². The topological polar surface area (TPSA) is 37.3 Å². The van der Waals surface area contributed by atoms with E-state index in [9.17, 15) is 9.90 Å². The summed E-state index contributed by atoms with van der Waals surface area (Å²) in [7, 11) is 0. The highest BCUT2D eigenvalue weighted by atomic mass is 16.4. The van der Waals surface area contributed by atoms with Crippen molar-refractivity contribution < 1.29 is 9.90 Å². The van der Waals surface area contributed by atoms with Crippen molar-refractivity contribution in [2.45, 2.75) is 43.9 Å². The molecule has 4 aliphatic carbocycles. The van der Waals surface area contributed by atoms with Gasteiger partial charge in [-0.3, -0.25) is 0 Å². The number of hydrogen-bond acceptors (Lipinski definition) is 1. The van der Waals surface area contributed by atoms with Crippen molar-refractivity contribution in [3.05, 3.63) is 70.8 Å². The van der Waals surface area contributed by atoms with Gasteiger partial charge in [0.15, 0.2) is 0 Å². The molecular formula is C25H24O2. The molecule has 6 rings (SSSR count). The molecule has 0 unspecified atom stereocenters. The van der Waals surface area contributed by atoms with Crippen molar-refractivity contribution in [3.8, 4) is 11.8 Å². The number of carboxylic acid groups (broad SMARTS) is 1. The van der Waals surface area contributed by atoms with Gasteiger partial charge in [0, 0.05) is 11.1 Å². The summed E-state index contributed by atoms with van der Waals surface area (Å²) >= 11 is 0. The van der Waals surface area contributed by atoms with Crippen LogP contribution in [0.2, 0.25) is 0 Å². The summed E-state index contributed by atoms with van der Waals surface area (Å²) in [4.78, 5) is 11.3. The van der Waals surface area contributed by atoms with Crippen molar-refractivity contribution >= 4 is 5.97 Å². The van der Waals surface area contributed by atoms with Crippen molar-refractivity contribution in [1.29, 1.82) is 0 Å². The molecule has 4 bridgehead atoms. The highest BCUT2D eigenvalue weighted by Gasteiger charge is 2.51. The zero-order chi connectivity index (χ0) is 18.4. The van der Waals surface area contributed by atoms with Crippen LogP contribution in [0.3, 0.4) is 0 Å². The Balaban J connectivity index is 1.40. The lowest BCUT2D eigenvalue weighted by Gasteiger charge is -2.57. The van der Waals surface area contributed by atoms with Gasteiger partial charge in [-0.1, -0.05) is 36.1 Å². The molecule has 0 heterocycles. The molecule has 0 amide bonds. The zero-order valence-electron chi connectivity index (χ0n) is 15.4. The van der Waals surface area contributed by atoms with E-state index < -0.39 is 5.97 Å². The summed E-state index contributed by atoms with van der Waals surface area (Å²) in [5.74, 6) is 8.09. The number of carboxylic acids is 1. The van der Waals surface area contributed by atoms with Gasteiger partial charge in [0.25, 0.3) is 0 Å². The summed E-state index contributed by atoms with van der Waals surface area (Å²) < 4.78 is 0. The van der Waals surface area contributed by atoms with Crippen LogP contribution < -0.4 is 0 Å². The highest BCUT2D eigenvalue weighted by Crippen LogP contribution is 2.60. The largest absolute Gasteiger partial charge is 0.478 e. The maximum atomic E-state index is 11.3. The number of rotatable bonds is 2. The number of benzene rings is 2. The normalized spacial score (nSPS) is 30.6. The van der Waals surface area contributed by atoms with Crippen LogP contribution in [0.15, 0.2) is 48.5 Å². The SMILES string of the molecule is O=C(O)c1ccccc1C#Cc1ccc(C23CC4CC(CC(C4)C2)C3)cc1. The van der Waals surface area contributed by atoms with Crippen molar-refractivity contribution in [2.75, 3.05) is 0 Å². The minimum absolute atomic E-state index is 0.259. The van der Waals surface area contributed by atoms with E-state index in [1.54, 1.807) is 18.2 Å². The first kappa shape index (κ1) is 16.6. The van der Waals surface area contributed by atoms with Crippen molar-refractivity contribution in [1.82, 2.24) is 0 Å². The Hall–Kier alpha value is -2.53. The Morgan fingerprint density at radius 3 is 2.04 bits per heavy atom. The summed E-state index contributed by atoms with van der Waals surface area (Å²) in [5, 5.41) is 9.28. The van der Waals surface area contributed by atoms with E-state index >= 15 is 0 Å². The van der Waals surface area contributed by atoms with E-state index in [0.29, 0.717) is 11.0 Å². The third-order valence-corrected chi connectivity index (χ3v) is 7.03. The van der Waals surface area contributed by atoms with E-state index in [1.807, 2.05) is 6.07 Å². The molecule has 0 saturated heterocycles. The standard InChI is InChI=1S/C25H24O2/c26-24(27)23-4-2-1-3-21(23)8-5-17-6-9-22(10-7-17)25-14-18-11-19(15-25)13-20(12-18)16-25/h1-4,6-7,9-10,18-20H,11-16H2,(H,26,27). The fourth-order valence-electron chi connectivity index (χ4n) is 6.29. The first-order valence-electron chi connectivity index (χ1n) is 10.1. The third-order valence-electron chi connectivity index (χ3n) is 7.03. The molecule has 1 N–H and O–H groups in total. The van der Waals surface area contributed by atoms with Crippen molar-refractivity contribution in [3.63, 3.8) is 0 Å². The summed E-state index contributed by atoms with van der Waals surface area (Å²) in [6, 6.07) is 15.7. The second-order valence-corrected chi connectivity index (χ2v) is 8.88. The van der Waals surface area contributed by atoms with Crippen LogP contribution in [0.1, 0.15) is 65.6 Å². The quantitative estimate of drug-likeness (QED) is 0.746. The Morgan fingerprint density at radius 1 is 0.852 bits per heavy atom. The minimum atomic E-state index is -0.933. The van der Waals surface area contributed by atoms with Crippen LogP contribution in [0.25, 0.3) is 0 Å². The van der Waals surface area contributed by atoms with Crippen LogP contribution in [-0.4, -0.2) is 11.1 Å². The smallest absolute Gasteiger partial charge is 0.336 e. The van der Waals surface area contributed by atoms with E-state index in [0.717, 1.165) is 23.3 Å². The Labute approximate surface area is 160 Å². The average molecular weight is 356 g/mol. The van der Waals surface area contributed by atoms with Crippen LogP contribution in [0.5, 0.6) is 0 Å². The van der Waals surface area contributed by atoms with Gasteiger partial charge in [0.05, 0.1) is 5.56 Å². The first-order valence-corrected chi connectivity index (χ1v) is 10.1. The molecule has 4 fully saturated rings. The van der Waals surface area contributed by atoms with Crippen LogP contribution in [0.4, 0.5) is 0 Å². The molecule has 2 aromatic carbocycles. The lowest BCUT2D eigenvalue weighted by molar-refractivity contribution is -0.00519. The van der Waals surface area contributed by atoms with Gasteiger partial charge in [0.2, 0.25) is 0 Å². The lowest BCUT2D eigenvalue weighted by atomic mass is 9.48. The molecule has 2 aromatic rings. The number of hydrogen-bond donors (Lipinski definition) is 1. The van der Waals surface area contributed by atoms with Crippen LogP contribution in [-0.2, 0) is 5.41 Å². The predicted molar refractivity (Wildman–Crippen MR) is 106 cm³/mol. The monoisotopic (exact) mass is 356 g/mol. The van der Waals surface area contributed by atoms with Gasteiger partial charge >= 0.3 is 5.97 Å². The molecule has 0 spiro atoms. The summed E-state index contributed by atoms with van der Waals surface area (Å²) in [6.07, 6.45) is 8.51. The Morgan fingerprint density at radius 2 is 1.44 bits per heavy atom. The molecule has 2 nitrogen and oxygen atoms in total. The predicted octanol–water partition coefficient (Wildman–Crippen LogP) is 5.25. The van der Waals surface area contributed by atoms with Gasteiger partial charge in [-0.25, -0.2) is 4.79 Å². The average Bonchev–Trinajstić information content (AvgIpc) is 2.66. The van der Waals surface area contributed by atoms with Crippen LogP contribution in [0, 0.1) is 29.6 Å². The van der Waals surface area contributed by atoms with E-state index in [1.165, 1.54) is 44.1 Å². The van der Waals surface area contributed by atoms with Crippen LogP contribution >= 0.6 is 0 Å². The molecular weight excluding hydrogens is 332 g/mol. The number of aromatic carboxylic acids is 1. The van der Waals surface area contributed by atoms with Gasteiger partial charge in [-0.2, -0.15) is 0 Å². The van der Waals surface area contributed by atoms with Crippen molar-refractivity contribution in [2.24, 2.45) is 17.8 Å². The summed E-state index contributed by atoms with van der Waals surface area (Å²) in [6.45, 7) is 0. The van der Waals surface area contributed by atoms with Gasteiger partial charge in [0.1, 0.15) is 0 Å². The molecule has 0 radical (unpaired) electrons. The lowest BCUT2D eigenvalue weighted by Crippen LogP contribution is -2.48. The molecule has 2 heteroatoms. The fraction of sp³-hybridized carbons (Fsp3) is 0.400. The second-order valence-electron chi connectivity index (χ2n) is 8.88. The molecule has 0 aliphatic heterocycles. The van der Waals surface area contributed by atoms with Gasteiger partial charge < -0.3 is 5.11 Å². The fourth-order valence-corrected chi connectivity index (χ4v) is 6.29. The zero-order valence-corrected chi connectivity index (χ0v) is 15.4. The Bertz CT molecular complexity index is 907. The molecule has 27 heavy (non-hydrogen) atoms. The third kappa shape index (κ3) is 2.96. The maximum Gasteiger partial charge on any atom is 0.336 e. The summed E-state index contributed by atoms with van der Waals surface area (Å²) in [5.41, 5.74) is 3.68. The van der Waals surface area contributed by atoms with Gasteiger partial charge in [-0.05, 0) is 91.5 Å². The molecule has 0 atom stereocenters. The maximum absolute atomic E-state index is 11.3. The highest BCUT2D eigenvalue weighted by molar-refractivity contribution is 5.90. The second kappa shape index (κ2) is 6.27. The first-order chi connectivity index (χ1) is 13.1. The molecule has 4 saturated carbocycles. The molecule has 136 valence electrons. The Kier molecular flexibility index (Phi) is 3.86. The molecule has 4 aliphatic rings. The molecule has 0 aromatic heterocycles. The minimum Gasteiger partial charge on any atom is -0.478 e. The van der Waals surface area contributed by atoms with E-state index in [-0.39, 0.29) is 5.56 Å². The van der Waals surface area contributed by atoms with E-state index in [2.05, 4.69) is 36.1 Å².